The molecule has 0 spiro atoms. The fourth-order valence-corrected chi connectivity index (χ4v) is 3.21. The van der Waals surface area contributed by atoms with Gasteiger partial charge in [-0.05, 0) is 24.0 Å². The molecule has 0 aliphatic heterocycles. The molecule has 3 rings (SSSR count). The number of terminal acetylenes is 1. The molecule has 1 aromatic carbocycles. The molecule has 1 unspecified atom stereocenters. The van der Waals surface area contributed by atoms with Crippen LogP contribution in [0.25, 0.3) is 0 Å². The van der Waals surface area contributed by atoms with Gasteiger partial charge in [-0.3, -0.25) is 4.90 Å². The van der Waals surface area contributed by atoms with Crippen LogP contribution < -0.4 is 0 Å². The summed E-state index contributed by atoms with van der Waals surface area (Å²) in [5, 5.41) is 0.650. The summed E-state index contributed by atoms with van der Waals surface area (Å²) >= 11 is 6.07. The second-order valence-electron chi connectivity index (χ2n) is 5.42. The summed E-state index contributed by atoms with van der Waals surface area (Å²) in [7, 11) is 1.93. The highest BCUT2D eigenvalue weighted by molar-refractivity contribution is 6.29. The number of hydrogen-bond acceptors (Lipinski definition) is 2. The van der Waals surface area contributed by atoms with E-state index >= 15 is 0 Å². The van der Waals surface area contributed by atoms with E-state index < -0.39 is 0 Å². The second kappa shape index (κ2) is 5.93. The van der Waals surface area contributed by atoms with Crippen molar-refractivity contribution in [1.82, 2.24) is 14.5 Å². The number of fused-ring (bicyclic) bond motifs is 1. The lowest BCUT2D eigenvalue weighted by atomic mass is 10.1. The molecule has 1 aliphatic carbocycles. The standard InChI is InChI=1S/C17H18ClN3/c1-3-10-21(12-17-19-11-16(18)20(17)2)15-9-8-13-6-4-5-7-14(13)15/h1,4-7,11,15H,8-10,12H2,2H3. The molecule has 0 saturated heterocycles. The lowest BCUT2D eigenvalue weighted by Crippen LogP contribution is -2.28. The van der Waals surface area contributed by atoms with Crippen LogP contribution in [-0.2, 0) is 20.0 Å². The molecule has 1 aliphatic rings. The van der Waals surface area contributed by atoms with Crippen molar-refractivity contribution >= 4 is 11.6 Å². The van der Waals surface area contributed by atoms with E-state index in [1.165, 1.54) is 11.1 Å². The van der Waals surface area contributed by atoms with Gasteiger partial charge in [-0.25, -0.2) is 4.98 Å². The van der Waals surface area contributed by atoms with Gasteiger partial charge in [0.1, 0.15) is 11.0 Å². The van der Waals surface area contributed by atoms with E-state index in [0.717, 1.165) is 18.7 Å². The van der Waals surface area contributed by atoms with Gasteiger partial charge in [0.25, 0.3) is 0 Å². The Morgan fingerprint density at radius 1 is 1.48 bits per heavy atom. The first kappa shape index (κ1) is 14.2. The third-order valence-corrected chi connectivity index (χ3v) is 4.56. The SMILES string of the molecule is C#CCN(Cc1ncc(Cl)n1C)C1CCc2ccccc21. The van der Waals surface area contributed by atoms with E-state index in [0.29, 0.717) is 24.3 Å². The lowest BCUT2D eigenvalue weighted by molar-refractivity contribution is 0.206. The highest BCUT2D eigenvalue weighted by Gasteiger charge is 2.28. The summed E-state index contributed by atoms with van der Waals surface area (Å²) < 4.78 is 1.91. The number of rotatable bonds is 4. The number of hydrogen-bond donors (Lipinski definition) is 0. The Hall–Kier alpha value is -1.76. The van der Waals surface area contributed by atoms with E-state index in [1.807, 2.05) is 11.6 Å². The quantitative estimate of drug-likeness (QED) is 0.809. The van der Waals surface area contributed by atoms with Crippen LogP contribution in [0.15, 0.2) is 30.5 Å². The molecule has 21 heavy (non-hydrogen) atoms. The van der Waals surface area contributed by atoms with Crippen LogP contribution in [0.3, 0.4) is 0 Å². The first-order chi connectivity index (χ1) is 10.2. The Bertz CT molecular complexity index is 684. The Balaban J connectivity index is 1.86. The minimum absolute atomic E-state index is 0.368. The second-order valence-corrected chi connectivity index (χ2v) is 5.81. The van der Waals surface area contributed by atoms with Crippen LogP contribution in [0.2, 0.25) is 5.15 Å². The normalized spacial score (nSPS) is 17.0. The van der Waals surface area contributed by atoms with Gasteiger partial charge in [0, 0.05) is 13.1 Å². The van der Waals surface area contributed by atoms with Crippen LogP contribution in [0, 0.1) is 12.3 Å². The highest BCUT2D eigenvalue weighted by atomic mass is 35.5. The van der Waals surface area contributed by atoms with Gasteiger partial charge < -0.3 is 4.57 Å². The number of nitrogens with zero attached hydrogens (tertiary/aromatic N) is 3. The number of imidazole rings is 1. The zero-order valence-electron chi connectivity index (χ0n) is 12.1. The van der Waals surface area contributed by atoms with Gasteiger partial charge >= 0.3 is 0 Å². The van der Waals surface area contributed by atoms with Crippen molar-refractivity contribution in [3.8, 4) is 12.3 Å². The molecular formula is C17H18ClN3. The number of aromatic nitrogens is 2. The third-order valence-electron chi connectivity index (χ3n) is 4.21. The number of aryl methyl sites for hydroxylation is 1. The van der Waals surface area contributed by atoms with Gasteiger partial charge in [-0.2, -0.15) is 0 Å². The maximum Gasteiger partial charge on any atom is 0.128 e. The fraction of sp³-hybridized carbons (Fsp3) is 0.353. The summed E-state index contributed by atoms with van der Waals surface area (Å²) in [4.78, 5) is 6.70. The Morgan fingerprint density at radius 2 is 2.29 bits per heavy atom. The van der Waals surface area contributed by atoms with Gasteiger partial charge in [0.15, 0.2) is 0 Å². The van der Waals surface area contributed by atoms with Gasteiger partial charge in [-0.1, -0.05) is 41.8 Å². The molecule has 0 radical (unpaired) electrons. The summed E-state index contributed by atoms with van der Waals surface area (Å²) in [6.07, 6.45) is 9.48. The van der Waals surface area contributed by atoms with Gasteiger partial charge in [0.2, 0.25) is 0 Å². The van der Waals surface area contributed by atoms with Crippen molar-refractivity contribution in [2.45, 2.75) is 25.4 Å². The molecule has 0 saturated carbocycles. The van der Waals surface area contributed by atoms with Crippen LogP contribution in [-0.4, -0.2) is 21.0 Å². The Labute approximate surface area is 130 Å². The summed E-state index contributed by atoms with van der Waals surface area (Å²) in [6.45, 7) is 1.33. The molecule has 1 aromatic heterocycles. The van der Waals surface area contributed by atoms with Crippen LogP contribution >= 0.6 is 11.6 Å². The summed E-state index contributed by atoms with van der Waals surface area (Å²) in [6, 6.07) is 8.99. The van der Waals surface area contributed by atoms with Crippen LogP contribution in [0.5, 0.6) is 0 Å². The summed E-state index contributed by atoms with van der Waals surface area (Å²) in [5.41, 5.74) is 2.83. The molecule has 108 valence electrons. The van der Waals surface area contributed by atoms with Crippen molar-refractivity contribution in [2.24, 2.45) is 7.05 Å². The van der Waals surface area contributed by atoms with Crippen molar-refractivity contribution in [1.29, 1.82) is 0 Å². The minimum Gasteiger partial charge on any atom is -0.321 e. The molecule has 0 bridgehead atoms. The average Bonchev–Trinajstić information content (AvgIpc) is 3.05. The Morgan fingerprint density at radius 3 is 3.00 bits per heavy atom. The van der Waals surface area contributed by atoms with Crippen molar-refractivity contribution < 1.29 is 0 Å². The smallest absolute Gasteiger partial charge is 0.128 e. The topological polar surface area (TPSA) is 21.1 Å². The average molecular weight is 300 g/mol. The van der Waals surface area contributed by atoms with E-state index in [2.05, 4.69) is 40.1 Å². The Kier molecular flexibility index (Phi) is 4.01. The van der Waals surface area contributed by atoms with Crippen molar-refractivity contribution in [2.75, 3.05) is 6.54 Å². The van der Waals surface area contributed by atoms with Crippen LogP contribution in [0.4, 0.5) is 0 Å². The molecule has 1 atom stereocenters. The molecular weight excluding hydrogens is 282 g/mol. The van der Waals surface area contributed by atoms with Gasteiger partial charge in [0.05, 0.1) is 19.3 Å². The first-order valence-corrected chi connectivity index (χ1v) is 7.50. The minimum atomic E-state index is 0.368. The number of halogens is 1. The maximum atomic E-state index is 6.07. The van der Waals surface area contributed by atoms with Crippen molar-refractivity contribution in [3.05, 3.63) is 52.6 Å². The third kappa shape index (κ3) is 2.70. The monoisotopic (exact) mass is 299 g/mol. The lowest BCUT2D eigenvalue weighted by Gasteiger charge is -2.27. The highest BCUT2D eigenvalue weighted by Crippen LogP contribution is 2.36. The summed E-state index contributed by atoms with van der Waals surface area (Å²) in [5.74, 6) is 3.72. The molecule has 0 amide bonds. The first-order valence-electron chi connectivity index (χ1n) is 7.12. The molecule has 2 aromatic rings. The zero-order chi connectivity index (χ0) is 14.8. The van der Waals surface area contributed by atoms with Crippen molar-refractivity contribution in [3.63, 3.8) is 0 Å². The number of benzene rings is 1. The van der Waals surface area contributed by atoms with E-state index in [9.17, 15) is 0 Å². The van der Waals surface area contributed by atoms with E-state index in [-0.39, 0.29) is 0 Å². The predicted molar refractivity (Wildman–Crippen MR) is 85.0 cm³/mol. The largest absolute Gasteiger partial charge is 0.321 e. The molecule has 0 fully saturated rings. The zero-order valence-corrected chi connectivity index (χ0v) is 12.8. The van der Waals surface area contributed by atoms with E-state index in [1.54, 1.807) is 6.20 Å². The molecule has 0 N–H and O–H groups in total. The van der Waals surface area contributed by atoms with Crippen LogP contribution in [0.1, 0.15) is 29.4 Å². The van der Waals surface area contributed by atoms with Gasteiger partial charge in [-0.15, -0.1) is 6.42 Å². The van der Waals surface area contributed by atoms with E-state index in [4.69, 9.17) is 18.0 Å². The molecule has 1 heterocycles. The molecule has 3 nitrogen and oxygen atoms in total. The molecule has 4 heteroatoms. The maximum absolute atomic E-state index is 6.07. The predicted octanol–water partition coefficient (Wildman–Crippen LogP) is 3.20. The fourth-order valence-electron chi connectivity index (χ4n) is 3.06.